The van der Waals surface area contributed by atoms with Crippen molar-refractivity contribution in [2.75, 3.05) is 12.4 Å². The van der Waals surface area contributed by atoms with Crippen LogP contribution in [0.1, 0.15) is 0 Å². The Labute approximate surface area is 116 Å². The highest BCUT2D eigenvalue weighted by molar-refractivity contribution is 5.66. The van der Waals surface area contributed by atoms with Crippen molar-refractivity contribution in [2.24, 2.45) is 7.05 Å². The van der Waals surface area contributed by atoms with Crippen molar-refractivity contribution >= 4 is 5.82 Å². The van der Waals surface area contributed by atoms with E-state index in [2.05, 4.69) is 25.4 Å². The summed E-state index contributed by atoms with van der Waals surface area (Å²) in [5.74, 6) is 1.43. The topological polar surface area (TPSA) is 68.5 Å². The average Bonchev–Trinajstić information content (AvgIpc) is 2.94. The summed E-state index contributed by atoms with van der Waals surface area (Å²) in [5.41, 5.74) is 2.73. The molecule has 0 spiro atoms. The maximum absolute atomic E-state index is 4.60. The zero-order valence-corrected chi connectivity index (χ0v) is 11.3. The van der Waals surface area contributed by atoms with Crippen LogP contribution in [0, 0.1) is 0 Å². The van der Waals surface area contributed by atoms with Gasteiger partial charge in [-0.3, -0.25) is 9.67 Å². The van der Waals surface area contributed by atoms with E-state index in [9.17, 15) is 0 Å². The maximum atomic E-state index is 4.60. The number of nitrogens with zero attached hydrogens (tertiary/aromatic N) is 5. The van der Waals surface area contributed by atoms with Gasteiger partial charge >= 0.3 is 0 Å². The zero-order chi connectivity index (χ0) is 13.9. The van der Waals surface area contributed by atoms with Crippen LogP contribution in [-0.4, -0.2) is 31.8 Å². The fourth-order valence-electron chi connectivity index (χ4n) is 1.91. The van der Waals surface area contributed by atoms with Crippen LogP contribution in [-0.2, 0) is 7.05 Å². The molecule has 0 unspecified atom stereocenters. The van der Waals surface area contributed by atoms with Crippen molar-refractivity contribution in [3.8, 4) is 22.6 Å². The van der Waals surface area contributed by atoms with Crippen LogP contribution in [0.5, 0.6) is 0 Å². The summed E-state index contributed by atoms with van der Waals surface area (Å²) in [4.78, 5) is 13.1. The van der Waals surface area contributed by atoms with Gasteiger partial charge < -0.3 is 5.32 Å². The van der Waals surface area contributed by atoms with Crippen molar-refractivity contribution in [3.63, 3.8) is 0 Å². The van der Waals surface area contributed by atoms with E-state index in [0.717, 1.165) is 22.6 Å². The number of nitrogens with one attached hydrogen (secondary N) is 1. The van der Waals surface area contributed by atoms with E-state index in [4.69, 9.17) is 0 Å². The molecule has 0 radical (unpaired) electrons. The van der Waals surface area contributed by atoms with E-state index < -0.39 is 0 Å². The van der Waals surface area contributed by atoms with Gasteiger partial charge in [0.25, 0.3) is 0 Å². The quantitative estimate of drug-likeness (QED) is 0.785. The number of aromatic nitrogens is 5. The van der Waals surface area contributed by atoms with Crippen LogP contribution < -0.4 is 5.32 Å². The van der Waals surface area contributed by atoms with Gasteiger partial charge in [0.05, 0.1) is 11.9 Å². The summed E-state index contributed by atoms with van der Waals surface area (Å²) >= 11 is 0. The lowest BCUT2D eigenvalue weighted by molar-refractivity contribution is 0.768. The first-order chi connectivity index (χ1) is 9.76. The molecular weight excluding hydrogens is 252 g/mol. The SMILES string of the molecule is CNc1cc(-c2cnn(C)c2)nc(-c2ccncc2)n1. The molecule has 3 rings (SSSR count). The molecule has 3 heterocycles. The second-order valence-electron chi connectivity index (χ2n) is 4.35. The molecule has 0 bridgehead atoms. The van der Waals surface area contributed by atoms with Gasteiger partial charge in [-0.2, -0.15) is 5.10 Å². The minimum absolute atomic E-state index is 0.665. The molecule has 20 heavy (non-hydrogen) atoms. The van der Waals surface area contributed by atoms with Crippen LogP contribution in [0.15, 0.2) is 43.0 Å². The Morgan fingerprint density at radius 1 is 1.10 bits per heavy atom. The third-order valence-electron chi connectivity index (χ3n) is 2.92. The van der Waals surface area contributed by atoms with E-state index >= 15 is 0 Å². The molecule has 0 saturated heterocycles. The van der Waals surface area contributed by atoms with Crippen LogP contribution in [0.2, 0.25) is 0 Å². The Hall–Kier alpha value is -2.76. The van der Waals surface area contributed by atoms with Crippen molar-refractivity contribution < 1.29 is 0 Å². The lowest BCUT2D eigenvalue weighted by Crippen LogP contribution is -1.98. The normalized spacial score (nSPS) is 10.5. The molecule has 0 aromatic carbocycles. The number of aryl methyl sites for hydroxylation is 1. The Kier molecular flexibility index (Phi) is 3.12. The van der Waals surface area contributed by atoms with Crippen LogP contribution in [0.4, 0.5) is 5.82 Å². The van der Waals surface area contributed by atoms with Gasteiger partial charge in [0.1, 0.15) is 5.82 Å². The van der Waals surface area contributed by atoms with Crippen LogP contribution >= 0.6 is 0 Å². The molecule has 100 valence electrons. The lowest BCUT2D eigenvalue weighted by Gasteiger charge is -2.06. The smallest absolute Gasteiger partial charge is 0.162 e. The van der Waals surface area contributed by atoms with Gasteiger partial charge in [-0.25, -0.2) is 9.97 Å². The van der Waals surface area contributed by atoms with E-state index in [1.54, 1.807) is 23.3 Å². The molecule has 6 heteroatoms. The molecule has 0 aliphatic heterocycles. The molecule has 6 nitrogen and oxygen atoms in total. The number of hydrogen-bond donors (Lipinski definition) is 1. The summed E-state index contributed by atoms with van der Waals surface area (Å²) in [7, 11) is 3.72. The lowest BCUT2D eigenvalue weighted by atomic mass is 10.2. The number of pyridine rings is 1. The fourth-order valence-corrected chi connectivity index (χ4v) is 1.91. The van der Waals surface area contributed by atoms with E-state index in [-0.39, 0.29) is 0 Å². The number of anilines is 1. The van der Waals surface area contributed by atoms with Gasteiger partial charge in [-0.05, 0) is 12.1 Å². The van der Waals surface area contributed by atoms with E-state index in [0.29, 0.717) is 5.82 Å². The molecule has 3 aromatic rings. The first-order valence-corrected chi connectivity index (χ1v) is 6.22. The Morgan fingerprint density at radius 3 is 2.55 bits per heavy atom. The third kappa shape index (κ3) is 2.35. The van der Waals surface area contributed by atoms with Gasteiger partial charge in [0.2, 0.25) is 0 Å². The summed E-state index contributed by atoms with van der Waals surface area (Å²) in [6.45, 7) is 0. The van der Waals surface area contributed by atoms with Gasteiger partial charge in [0.15, 0.2) is 5.82 Å². The Morgan fingerprint density at radius 2 is 1.90 bits per heavy atom. The van der Waals surface area contributed by atoms with Crippen molar-refractivity contribution in [1.29, 1.82) is 0 Å². The van der Waals surface area contributed by atoms with Gasteiger partial charge in [-0.1, -0.05) is 0 Å². The molecule has 1 N–H and O–H groups in total. The number of rotatable bonds is 3. The molecular formula is C14H14N6. The average molecular weight is 266 g/mol. The standard InChI is InChI=1S/C14H14N6/c1-15-13-7-12(11-8-17-20(2)9-11)18-14(19-13)10-3-5-16-6-4-10/h3-9H,1-2H3,(H,15,18,19). The third-order valence-corrected chi connectivity index (χ3v) is 2.92. The summed E-state index contributed by atoms with van der Waals surface area (Å²) in [6.07, 6.45) is 7.18. The zero-order valence-electron chi connectivity index (χ0n) is 11.3. The molecule has 0 amide bonds. The molecule has 0 aliphatic rings. The predicted molar refractivity (Wildman–Crippen MR) is 77.0 cm³/mol. The highest BCUT2D eigenvalue weighted by Crippen LogP contribution is 2.23. The molecule has 3 aromatic heterocycles. The summed E-state index contributed by atoms with van der Waals surface area (Å²) in [5, 5.41) is 7.24. The first kappa shape index (κ1) is 12.3. The van der Waals surface area contributed by atoms with Crippen molar-refractivity contribution in [3.05, 3.63) is 43.0 Å². The van der Waals surface area contributed by atoms with Crippen molar-refractivity contribution in [2.45, 2.75) is 0 Å². The van der Waals surface area contributed by atoms with Gasteiger partial charge in [-0.15, -0.1) is 0 Å². The van der Waals surface area contributed by atoms with E-state index in [1.807, 2.05) is 38.5 Å². The van der Waals surface area contributed by atoms with E-state index in [1.165, 1.54) is 0 Å². The molecule has 0 saturated carbocycles. The number of hydrogen-bond acceptors (Lipinski definition) is 5. The highest BCUT2D eigenvalue weighted by Gasteiger charge is 2.09. The van der Waals surface area contributed by atoms with Crippen molar-refractivity contribution in [1.82, 2.24) is 24.7 Å². The largest absolute Gasteiger partial charge is 0.373 e. The second-order valence-corrected chi connectivity index (χ2v) is 4.35. The predicted octanol–water partition coefficient (Wildman–Crippen LogP) is 1.98. The fraction of sp³-hybridized carbons (Fsp3) is 0.143. The second kappa shape index (κ2) is 5.08. The summed E-state index contributed by atoms with van der Waals surface area (Å²) < 4.78 is 1.75. The van der Waals surface area contributed by atoms with Gasteiger partial charge in [0, 0.05) is 49.9 Å². The molecule has 0 aliphatic carbocycles. The Bertz CT molecular complexity index is 720. The Balaban J connectivity index is 2.12. The summed E-state index contributed by atoms with van der Waals surface area (Å²) in [6, 6.07) is 5.69. The van der Waals surface area contributed by atoms with Crippen LogP contribution in [0.25, 0.3) is 22.6 Å². The minimum atomic E-state index is 0.665. The minimum Gasteiger partial charge on any atom is -0.373 e. The maximum Gasteiger partial charge on any atom is 0.162 e. The first-order valence-electron chi connectivity index (χ1n) is 6.22. The molecule has 0 atom stereocenters. The molecule has 0 fully saturated rings. The van der Waals surface area contributed by atoms with Crippen LogP contribution in [0.3, 0.4) is 0 Å². The highest BCUT2D eigenvalue weighted by atomic mass is 15.2. The monoisotopic (exact) mass is 266 g/mol.